The van der Waals surface area contributed by atoms with Crippen molar-refractivity contribution >= 4 is 0 Å². The summed E-state index contributed by atoms with van der Waals surface area (Å²) < 4.78 is 5.24. The van der Waals surface area contributed by atoms with Crippen LogP contribution >= 0.6 is 0 Å². The first-order valence-electron chi connectivity index (χ1n) is 9.36. The predicted molar refractivity (Wildman–Crippen MR) is 104 cm³/mol. The predicted octanol–water partition coefficient (Wildman–Crippen LogP) is 3.82. The molecular formula is C22H30N2O. The first kappa shape index (κ1) is 18.1. The number of benzene rings is 2. The van der Waals surface area contributed by atoms with Gasteiger partial charge < -0.3 is 4.74 Å². The lowest BCUT2D eigenvalue weighted by Crippen LogP contribution is -2.50. The molecule has 1 aliphatic rings. The molecule has 0 amide bonds. The molecule has 2 aromatic rings. The number of hydrogen-bond acceptors (Lipinski definition) is 3. The number of piperazine rings is 1. The molecule has 1 heterocycles. The van der Waals surface area contributed by atoms with E-state index in [9.17, 15) is 0 Å². The smallest absolute Gasteiger partial charge is 0.0602 e. The van der Waals surface area contributed by atoms with E-state index in [-0.39, 0.29) is 0 Å². The number of hydrogen-bond donors (Lipinski definition) is 0. The summed E-state index contributed by atoms with van der Waals surface area (Å²) in [6.07, 6.45) is 1.11. The molecule has 0 radical (unpaired) electrons. The highest BCUT2D eigenvalue weighted by Gasteiger charge is 2.27. The summed E-state index contributed by atoms with van der Waals surface area (Å²) in [6, 6.07) is 22.7. The Bertz CT molecular complexity index is 569. The van der Waals surface area contributed by atoms with Crippen LogP contribution in [0.5, 0.6) is 0 Å². The van der Waals surface area contributed by atoms with E-state index in [4.69, 9.17) is 4.74 Å². The molecule has 25 heavy (non-hydrogen) atoms. The molecule has 1 aliphatic heterocycles. The molecule has 1 unspecified atom stereocenters. The van der Waals surface area contributed by atoms with Gasteiger partial charge in [0.2, 0.25) is 0 Å². The number of nitrogens with zero attached hydrogens (tertiary/aromatic N) is 2. The highest BCUT2D eigenvalue weighted by molar-refractivity contribution is 5.31. The second kappa shape index (κ2) is 9.14. The number of rotatable bonds is 7. The maximum Gasteiger partial charge on any atom is 0.0602 e. The third-order valence-corrected chi connectivity index (χ3v) is 5.31. The Labute approximate surface area is 152 Å². The highest BCUT2D eigenvalue weighted by Crippen LogP contribution is 2.29. The molecule has 3 heteroatoms. The van der Waals surface area contributed by atoms with E-state index in [2.05, 4.69) is 77.4 Å². The number of ether oxygens (including phenoxy) is 1. The molecule has 0 aliphatic carbocycles. The normalized spacial score (nSPS) is 17.7. The monoisotopic (exact) mass is 338 g/mol. The van der Waals surface area contributed by atoms with Crippen LogP contribution in [0.25, 0.3) is 0 Å². The summed E-state index contributed by atoms with van der Waals surface area (Å²) in [4.78, 5) is 5.23. The van der Waals surface area contributed by atoms with Crippen LogP contribution < -0.4 is 0 Å². The van der Waals surface area contributed by atoms with E-state index in [0.717, 1.165) is 39.2 Å². The lowest BCUT2D eigenvalue weighted by atomic mass is 9.96. The van der Waals surface area contributed by atoms with Crippen LogP contribution in [0.15, 0.2) is 60.7 Å². The molecule has 3 nitrogen and oxygen atoms in total. The lowest BCUT2D eigenvalue weighted by Gasteiger charge is -2.42. The van der Waals surface area contributed by atoms with Crippen LogP contribution in [0, 0.1) is 0 Å². The molecule has 0 N–H and O–H groups in total. The fraction of sp³-hybridized carbons (Fsp3) is 0.455. The second-order valence-electron chi connectivity index (χ2n) is 6.93. The van der Waals surface area contributed by atoms with Crippen LogP contribution in [-0.2, 0) is 4.74 Å². The summed E-state index contributed by atoms with van der Waals surface area (Å²) in [5.41, 5.74) is 2.77. The maximum absolute atomic E-state index is 5.24. The van der Waals surface area contributed by atoms with Crippen molar-refractivity contribution in [1.29, 1.82) is 0 Å². The first-order chi connectivity index (χ1) is 12.3. The molecule has 1 fully saturated rings. The van der Waals surface area contributed by atoms with Gasteiger partial charge in [-0.25, -0.2) is 0 Å². The Morgan fingerprint density at radius 2 is 1.28 bits per heavy atom. The largest absolute Gasteiger partial charge is 0.385 e. The zero-order chi connectivity index (χ0) is 17.5. The fourth-order valence-electron chi connectivity index (χ4n) is 3.79. The van der Waals surface area contributed by atoms with Crippen LogP contribution in [0.3, 0.4) is 0 Å². The minimum atomic E-state index is 0.346. The van der Waals surface area contributed by atoms with Crippen LogP contribution in [0.4, 0.5) is 0 Å². The molecule has 0 saturated carbocycles. The average Bonchev–Trinajstić information content (AvgIpc) is 2.68. The SMILES string of the molecule is COCCC(C)N1CCN(C(c2ccccc2)c2ccccc2)CC1. The van der Waals surface area contributed by atoms with E-state index in [0.29, 0.717) is 12.1 Å². The van der Waals surface area contributed by atoms with E-state index in [1.807, 2.05) is 0 Å². The molecule has 134 valence electrons. The van der Waals surface area contributed by atoms with Gasteiger partial charge in [-0.05, 0) is 24.5 Å². The lowest BCUT2D eigenvalue weighted by molar-refractivity contribution is 0.0693. The van der Waals surface area contributed by atoms with E-state index < -0.39 is 0 Å². The fourth-order valence-corrected chi connectivity index (χ4v) is 3.79. The molecule has 0 bridgehead atoms. The first-order valence-corrected chi connectivity index (χ1v) is 9.36. The standard InChI is InChI=1S/C22H30N2O/c1-19(13-18-25-2)23-14-16-24(17-15-23)22(20-9-5-3-6-10-20)21-11-7-4-8-12-21/h3-12,19,22H,13-18H2,1-2H3. The van der Waals surface area contributed by atoms with Gasteiger partial charge >= 0.3 is 0 Å². The Balaban J connectivity index is 1.71. The third kappa shape index (κ3) is 4.69. The van der Waals surface area contributed by atoms with Crippen molar-refractivity contribution < 1.29 is 4.74 Å². The van der Waals surface area contributed by atoms with E-state index >= 15 is 0 Å². The van der Waals surface area contributed by atoms with E-state index in [1.54, 1.807) is 7.11 Å². The summed E-state index contributed by atoms with van der Waals surface area (Å²) in [5.74, 6) is 0. The highest BCUT2D eigenvalue weighted by atomic mass is 16.5. The van der Waals surface area contributed by atoms with E-state index in [1.165, 1.54) is 11.1 Å². The summed E-state index contributed by atoms with van der Waals surface area (Å²) >= 11 is 0. The molecular weight excluding hydrogens is 308 g/mol. The molecule has 2 aromatic carbocycles. The van der Waals surface area contributed by atoms with Crippen molar-refractivity contribution in [2.24, 2.45) is 0 Å². The summed E-state index contributed by atoms with van der Waals surface area (Å²) in [6.45, 7) is 7.62. The van der Waals surface area contributed by atoms with Crippen molar-refractivity contribution in [2.45, 2.75) is 25.4 Å². The Morgan fingerprint density at radius 1 is 0.800 bits per heavy atom. The molecule has 1 atom stereocenters. The van der Waals surface area contributed by atoms with Gasteiger partial charge in [-0.3, -0.25) is 9.80 Å². The zero-order valence-electron chi connectivity index (χ0n) is 15.5. The van der Waals surface area contributed by atoms with Crippen molar-refractivity contribution in [3.05, 3.63) is 71.8 Å². The molecule has 0 spiro atoms. The van der Waals surface area contributed by atoms with Gasteiger partial charge in [0.05, 0.1) is 6.04 Å². The molecule has 0 aromatic heterocycles. The average molecular weight is 338 g/mol. The quantitative estimate of drug-likeness (QED) is 0.763. The van der Waals surface area contributed by atoms with Gasteiger partial charge in [0, 0.05) is 45.9 Å². The van der Waals surface area contributed by atoms with Crippen LogP contribution in [0.2, 0.25) is 0 Å². The van der Waals surface area contributed by atoms with Gasteiger partial charge in [-0.1, -0.05) is 60.7 Å². The topological polar surface area (TPSA) is 15.7 Å². The third-order valence-electron chi connectivity index (χ3n) is 5.31. The summed E-state index contributed by atoms with van der Waals surface area (Å²) in [7, 11) is 1.79. The maximum atomic E-state index is 5.24. The van der Waals surface area contributed by atoms with Crippen LogP contribution in [0.1, 0.15) is 30.5 Å². The molecule has 1 saturated heterocycles. The minimum Gasteiger partial charge on any atom is -0.385 e. The molecule has 3 rings (SSSR count). The van der Waals surface area contributed by atoms with Crippen LogP contribution in [-0.4, -0.2) is 55.7 Å². The van der Waals surface area contributed by atoms with Gasteiger partial charge in [0.1, 0.15) is 0 Å². The zero-order valence-corrected chi connectivity index (χ0v) is 15.5. The van der Waals surface area contributed by atoms with Gasteiger partial charge in [0.15, 0.2) is 0 Å². The van der Waals surface area contributed by atoms with Gasteiger partial charge in [-0.15, -0.1) is 0 Å². The summed E-state index contributed by atoms with van der Waals surface area (Å²) in [5, 5.41) is 0. The number of methoxy groups -OCH3 is 1. The Kier molecular flexibility index (Phi) is 6.62. The van der Waals surface area contributed by atoms with Gasteiger partial charge in [-0.2, -0.15) is 0 Å². The second-order valence-corrected chi connectivity index (χ2v) is 6.93. The minimum absolute atomic E-state index is 0.346. The van der Waals surface area contributed by atoms with Crippen molar-refractivity contribution in [3.63, 3.8) is 0 Å². The van der Waals surface area contributed by atoms with Gasteiger partial charge in [0.25, 0.3) is 0 Å². The van der Waals surface area contributed by atoms with Crippen molar-refractivity contribution in [1.82, 2.24) is 9.80 Å². The van der Waals surface area contributed by atoms with Crippen molar-refractivity contribution in [2.75, 3.05) is 39.9 Å². The Hall–Kier alpha value is -1.68. The Morgan fingerprint density at radius 3 is 1.76 bits per heavy atom. The van der Waals surface area contributed by atoms with Crippen molar-refractivity contribution in [3.8, 4) is 0 Å².